The van der Waals surface area contributed by atoms with Crippen LogP contribution in [-0.2, 0) is 6.54 Å². The highest BCUT2D eigenvalue weighted by Crippen LogP contribution is 2.43. The normalized spacial score (nSPS) is 10.8. The number of ether oxygens (including phenoxy) is 3. The van der Waals surface area contributed by atoms with Gasteiger partial charge in [-0.15, -0.1) is 0 Å². The van der Waals surface area contributed by atoms with Gasteiger partial charge in [-0.3, -0.25) is 4.79 Å². The first-order chi connectivity index (χ1) is 15.0. The van der Waals surface area contributed by atoms with E-state index in [0.717, 1.165) is 21.2 Å². The highest BCUT2D eigenvalue weighted by atomic mass is 79.9. The van der Waals surface area contributed by atoms with E-state index in [9.17, 15) is 4.79 Å². The van der Waals surface area contributed by atoms with Crippen LogP contribution in [0.4, 0.5) is 0 Å². The van der Waals surface area contributed by atoms with Crippen LogP contribution in [0.15, 0.2) is 57.4 Å². The van der Waals surface area contributed by atoms with Crippen LogP contribution in [0.1, 0.15) is 16.2 Å². The van der Waals surface area contributed by atoms with Crippen molar-refractivity contribution in [2.75, 3.05) is 21.3 Å². The second-order valence-corrected chi connectivity index (χ2v) is 7.66. The molecule has 0 radical (unpaired) electrons. The Labute approximate surface area is 187 Å². The summed E-state index contributed by atoms with van der Waals surface area (Å²) in [5, 5.41) is 3.64. The van der Waals surface area contributed by atoms with Crippen molar-refractivity contribution in [3.8, 4) is 28.6 Å². The quantitative estimate of drug-likeness (QED) is 0.379. The number of amides is 1. The highest BCUT2D eigenvalue weighted by molar-refractivity contribution is 9.10. The molecular formula is C23H21BrN2O5. The number of H-pyrrole nitrogens is 1. The molecule has 1 amide bonds. The number of aromatic amines is 1. The Morgan fingerprint density at radius 2 is 1.74 bits per heavy atom. The van der Waals surface area contributed by atoms with Crippen LogP contribution < -0.4 is 19.5 Å². The molecule has 0 saturated carbocycles. The number of aromatic nitrogens is 1. The molecule has 0 aliphatic rings. The minimum absolute atomic E-state index is 0.258. The predicted molar refractivity (Wildman–Crippen MR) is 121 cm³/mol. The monoisotopic (exact) mass is 484 g/mol. The third-order valence-corrected chi connectivity index (χ3v) is 5.41. The molecule has 2 heterocycles. The van der Waals surface area contributed by atoms with Crippen LogP contribution in [0.2, 0.25) is 0 Å². The van der Waals surface area contributed by atoms with Gasteiger partial charge in [0.15, 0.2) is 11.5 Å². The molecule has 4 aromatic rings. The summed E-state index contributed by atoms with van der Waals surface area (Å²) in [4.78, 5) is 15.8. The third kappa shape index (κ3) is 4.11. The Kier molecular flexibility index (Phi) is 5.90. The minimum Gasteiger partial charge on any atom is -0.493 e. The van der Waals surface area contributed by atoms with Gasteiger partial charge in [0.25, 0.3) is 5.91 Å². The number of halogens is 1. The van der Waals surface area contributed by atoms with Gasteiger partial charge >= 0.3 is 0 Å². The van der Waals surface area contributed by atoms with Crippen LogP contribution in [0.25, 0.3) is 22.2 Å². The smallest absolute Gasteiger partial charge is 0.268 e. The maximum Gasteiger partial charge on any atom is 0.268 e. The number of hydrogen-bond acceptors (Lipinski definition) is 5. The van der Waals surface area contributed by atoms with E-state index in [1.807, 2.05) is 36.4 Å². The van der Waals surface area contributed by atoms with E-state index < -0.39 is 0 Å². The molecule has 2 aromatic heterocycles. The van der Waals surface area contributed by atoms with Crippen LogP contribution in [0.5, 0.6) is 17.2 Å². The number of carbonyl (C=O) groups is 1. The van der Waals surface area contributed by atoms with Gasteiger partial charge in [0.05, 0.1) is 33.4 Å². The van der Waals surface area contributed by atoms with E-state index >= 15 is 0 Å². The van der Waals surface area contributed by atoms with E-state index in [1.54, 1.807) is 19.2 Å². The Balaban J connectivity index is 1.52. The average Bonchev–Trinajstić information content (AvgIpc) is 3.43. The molecular weight excluding hydrogens is 464 g/mol. The minimum atomic E-state index is -0.266. The van der Waals surface area contributed by atoms with Crippen molar-refractivity contribution in [2.45, 2.75) is 6.54 Å². The molecule has 7 nitrogen and oxygen atoms in total. The summed E-state index contributed by atoms with van der Waals surface area (Å²) in [7, 11) is 4.63. The topological polar surface area (TPSA) is 85.7 Å². The fraction of sp³-hybridized carbons (Fsp3) is 0.174. The van der Waals surface area contributed by atoms with E-state index in [-0.39, 0.29) is 12.5 Å². The van der Waals surface area contributed by atoms with Gasteiger partial charge in [0.1, 0.15) is 17.2 Å². The largest absolute Gasteiger partial charge is 0.493 e. The second kappa shape index (κ2) is 8.77. The van der Waals surface area contributed by atoms with Crippen molar-refractivity contribution in [2.24, 2.45) is 0 Å². The van der Waals surface area contributed by atoms with Crippen LogP contribution in [-0.4, -0.2) is 32.2 Å². The van der Waals surface area contributed by atoms with Gasteiger partial charge in [-0.2, -0.15) is 0 Å². The van der Waals surface area contributed by atoms with Crippen molar-refractivity contribution in [3.05, 3.63) is 64.5 Å². The molecule has 0 unspecified atom stereocenters. The molecule has 0 aliphatic carbocycles. The first-order valence-electron chi connectivity index (χ1n) is 9.48. The van der Waals surface area contributed by atoms with Gasteiger partial charge in [0.2, 0.25) is 5.75 Å². The first kappa shape index (κ1) is 20.9. The Bertz CT molecular complexity index is 1230. The first-order valence-corrected chi connectivity index (χ1v) is 10.3. The van der Waals surface area contributed by atoms with E-state index in [1.165, 1.54) is 14.2 Å². The van der Waals surface area contributed by atoms with Crippen LogP contribution in [0, 0.1) is 0 Å². The third-order valence-electron chi connectivity index (χ3n) is 4.88. The van der Waals surface area contributed by atoms with Gasteiger partial charge in [0, 0.05) is 15.4 Å². The zero-order valence-corrected chi connectivity index (χ0v) is 18.8. The molecule has 0 fully saturated rings. The Hall–Kier alpha value is -3.39. The molecule has 0 aliphatic heterocycles. The average molecular weight is 485 g/mol. The summed E-state index contributed by atoms with van der Waals surface area (Å²) in [6, 6.07) is 15.1. The van der Waals surface area contributed by atoms with E-state index in [0.29, 0.717) is 34.2 Å². The summed E-state index contributed by atoms with van der Waals surface area (Å²) < 4.78 is 23.1. The highest BCUT2D eigenvalue weighted by Gasteiger charge is 2.20. The standard InChI is InChI=1S/C23H21BrN2O5/c1-28-19-11-14-10-17(26-20(14)22(30-3)21(19)29-2)23(27)25-12-16-8-9-18(31-16)13-4-6-15(24)7-5-13/h4-11,26H,12H2,1-3H3,(H,25,27). The molecule has 8 heteroatoms. The molecule has 0 bridgehead atoms. The SMILES string of the molecule is COc1cc2cc(C(=O)NCc3ccc(-c4ccc(Br)cc4)o3)[nH]c2c(OC)c1OC. The van der Waals surface area contributed by atoms with Crippen molar-refractivity contribution in [3.63, 3.8) is 0 Å². The molecule has 31 heavy (non-hydrogen) atoms. The van der Waals surface area contributed by atoms with Crippen molar-refractivity contribution in [1.29, 1.82) is 0 Å². The van der Waals surface area contributed by atoms with Crippen molar-refractivity contribution in [1.82, 2.24) is 10.3 Å². The zero-order valence-electron chi connectivity index (χ0n) is 17.2. The van der Waals surface area contributed by atoms with E-state index in [2.05, 4.69) is 26.2 Å². The number of carbonyl (C=O) groups excluding carboxylic acids is 1. The fourth-order valence-electron chi connectivity index (χ4n) is 3.37. The van der Waals surface area contributed by atoms with E-state index in [4.69, 9.17) is 18.6 Å². The lowest BCUT2D eigenvalue weighted by Crippen LogP contribution is -2.22. The number of fused-ring (bicyclic) bond motifs is 1. The Morgan fingerprint density at radius 1 is 1.00 bits per heavy atom. The lowest BCUT2D eigenvalue weighted by atomic mass is 10.2. The lowest BCUT2D eigenvalue weighted by Gasteiger charge is -2.12. The molecule has 2 N–H and O–H groups in total. The maximum absolute atomic E-state index is 12.7. The van der Waals surface area contributed by atoms with Crippen molar-refractivity contribution < 1.29 is 23.4 Å². The number of nitrogens with one attached hydrogen (secondary N) is 2. The van der Waals surface area contributed by atoms with Crippen LogP contribution >= 0.6 is 15.9 Å². The number of furan rings is 1. The Morgan fingerprint density at radius 3 is 2.42 bits per heavy atom. The summed E-state index contributed by atoms with van der Waals surface area (Å²) in [6.45, 7) is 0.258. The fourth-order valence-corrected chi connectivity index (χ4v) is 3.64. The summed E-state index contributed by atoms with van der Waals surface area (Å²) >= 11 is 3.42. The van der Waals surface area contributed by atoms with Crippen molar-refractivity contribution >= 4 is 32.7 Å². The second-order valence-electron chi connectivity index (χ2n) is 6.75. The predicted octanol–water partition coefficient (Wildman–Crippen LogP) is 5.15. The lowest BCUT2D eigenvalue weighted by molar-refractivity contribution is 0.0944. The van der Waals surface area contributed by atoms with Gasteiger partial charge in [-0.05, 0) is 36.4 Å². The summed E-state index contributed by atoms with van der Waals surface area (Å²) in [6.07, 6.45) is 0. The number of hydrogen-bond donors (Lipinski definition) is 2. The van der Waals surface area contributed by atoms with Gasteiger partial charge in [-0.25, -0.2) is 0 Å². The van der Waals surface area contributed by atoms with Crippen LogP contribution in [0.3, 0.4) is 0 Å². The maximum atomic E-state index is 12.7. The van der Waals surface area contributed by atoms with Gasteiger partial charge in [-0.1, -0.05) is 28.1 Å². The summed E-state index contributed by atoms with van der Waals surface area (Å²) in [5.41, 5.74) is 2.01. The number of rotatable bonds is 7. The molecule has 0 atom stereocenters. The molecule has 4 rings (SSSR count). The van der Waals surface area contributed by atoms with Gasteiger partial charge < -0.3 is 28.9 Å². The molecule has 0 spiro atoms. The zero-order chi connectivity index (χ0) is 22.0. The summed E-state index contributed by atoms with van der Waals surface area (Å²) in [5.74, 6) is 2.59. The number of methoxy groups -OCH3 is 3. The molecule has 0 saturated heterocycles. The number of benzene rings is 2. The molecule has 160 valence electrons. The molecule has 2 aromatic carbocycles.